The zero-order chi connectivity index (χ0) is 10.2. The summed E-state index contributed by atoms with van der Waals surface area (Å²) in [5.74, 6) is 3.13. The number of hydrogen-bond acceptors (Lipinski definition) is 0. The summed E-state index contributed by atoms with van der Waals surface area (Å²) in [6.45, 7) is 9.04. The van der Waals surface area contributed by atoms with Gasteiger partial charge < -0.3 is 0 Å². The van der Waals surface area contributed by atoms with Crippen molar-refractivity contribution in [3.8, 4) is 11.5 Å². The number of hydrogen-bond donors (Lipinski definition) is 0. The molecule has 0 N–H and O–H groups in total. The highest BCUT2D eigenvalue weighted by molar-refractivity contribution is 6.83. The van der Waals surface area contributed by atoms with E-state index in [1.54, 1.807) is 0 Å². The maximum absolute atomic E-state index is 3.31. The molecule has 0 saturated carbocycles. The van der Waals surface area contributed by atoms with Crippen LogP contribution in [0.15, 0.2) is 12.2 Å². The van der Waals surface area contributed by atoms with Gasteiger partial charge in [-0.05, 0) is 18.9 Å². The average Bonchev–Trinajstić information content (AvgIpc) is 2.01. The lowest BCUT2D eigenvalue weighted by atomic mass is 10.2. The molecule has 0 atom stereocenters. The van der Waals surface area contributed by atoms with Crippen LogP contribution >= 0.6 is 0 Å². The second kappa shape index (κ2) is 6.97. The van der Waals surface area contributed by atoms with Gasteiger partial charge in [0, 0.05) is 0 Å². The number of allylic oxidation sites excluding steroid dienone is 2. The molecule has 0 unspecified atom stereocenters. The Morgan fingerprint density at radius 1 is 1.15 bits per heavy atom. The molecule has 0 bridgehead atoms. The van der Waals surface area contributed by atoms with Crippen molar-refractivity contribution in [2.75, 3.05) is 0 Å². The van der Waals surface area contributed by atoms with Gasteiger partial charge in [0.05, 0.1) is 0 Å². The van der Waals surface area contributed by atoms with Gasteiger partial charge in [-0.2, -0.15) is 0 Å². The van der Waals surface area contributed by atoms with Crippen LogP contribution in [-0.2, 0) is 0 Å². The molecule has 0 aliphatic carbocycles. The summed E-state index contributed by atoms with van der Waals surface area (Å²) >= 11 is 0. The van der Waals surface area contributed by atoms with E-state index in [0.29, 0.717) is 0 Å². The van der Waals surface area contributed by atoms with E-state index in [2.05, 4.69) is 44.1 Å². The fourth-order valence-corrected chi connectivity index (χ4v) is 1.43. The minimum Gasteiger partial charge on any atom is -0.127 e. The minimum atomic E-state index is -1.14. The first-order valence-electron chi connectivity index (χ1n) is 5.24. The second-order valence-corrected chi connectivity index (χ2v) is 9.17. The first-order valence-corrected chi connectivity index (χ1v) is 8.74. The van der Waals surface area contributed by atoms with E-state index < -0.39 is 8.07 Å². The van der Waals surface area contributed by atoms with Crippen molar-refractivity contribution in [3.63, 3.8) is 0 Å². The Morgan fingerprint density at radius 3 is 2.38 bits per heavy atom. The van der Waals surface area contributed by atoms with Crippen LogP contribution in [0.25, 0.3) is 0 Å². The molecular weight excluding hydrogens is 172 g/mol. The summed E-state index contributed by atoms with van der Waals surface area (Å²) < 4.78 is 0. The normalized spacial score (nSPS) is 11.4. The van der Waals surface area contributed by atoms with Gasteiger partial charge in [-0.15, -0.1) is 5.54 Å². The Morgan fingerprint density at radius 2 is 1.85 bits per heavy atom. The highest BCUT2D eigenvalue weighted by atomic mass is 28.3. The molecule has 0 aliphatic rings. The molecule has 0 saturated heterocycles. The number of unbranched alkanes of at least 4 members (excludes halogenated alkanes) is 3. The molecule has 0 nitrogen and oxygen atoms in total. The molecule has 0 spiro atoms. The van der Waals surface area contributed by atoms with E-state index in [4.69, 9.17) is 0 Å². The third kappa shape index (κ3) is 11.5. The summed E-state index contributed by atoms with van der Waals surface area (Å²) in [4.78, 5) is 0. The predicted molar refractivity (Wildman–Crippen MR) is 64.4 cm³/mol. The molecular formula is C12H22Si. The van der Waals surface area contributed by atoms with Crippen LogP contribution in [0, 0.1) is 11.5 Å². The fraction of sp³-hybridized carbons (Fsp3) is 0.667. The highest BCUT2D eigenvalue weighted by Gasteiger charge is 2.06. The van der Waals surface area contributed by atoms with Gasteiger partial charge in [0.15, 0.2) is 0 Å². The average molecular weight is 194 g/mol. The van der Waals surface area contributed by atoms with Gasteiger partial charge in [0.2, 0.25) is 0 Å². The SMILES string of the molecule is CCCCC/C=C\C#C[Si](C)(C)C. The van der Waals surface area contributed by atoms with Crippen LogP contribution in [0.5, 0.6) is 0 Å². The van der Waals surface area contributed by atoms with Crippen LogP contribution in [0.3, 0.4) is 0 Å². The van der Waals surface area contributed by atoms with Crippen molar-refractivity contribution >= 4 is 8.07 Å². The summed E-state index contributed by atoms with van der Waals surface area (Å²) in [6, 6.07) is 0. The van der Waals surface area contributed by atoms with E-state index in [1.807, 2.05) is 6.08 Å². The molecule has 0 aliphatic heterocycles. The molecule has 0 heterocycles. The summed E-state index contributed by atoms with van der Waals surface area (Å²) in [7, 11) is -1.14. The predicted octanol–water partition coefficient (Wildman–Crippen LogP) is 4.00. The Hall–Kier alpha value is -0.483. The smallest absolute Gasteiger partial charge is 0.127 e. The molecule has 1 heteroatoms. The van der Waals surface area contributed by atoms with E-state index in [1.165, 1.54) is 25.7 Å². The Bertz CT molecular complexity index is 197. The van der Waals surface area contributed by atoms with E-state index in [9.17, 15) is 0 Å². The molecule has 0 aromatic heterocycles. The highest BCUT2D eigenvalue weighted by Crippen LogP contribution is 1.99. The summed E-state index contributed by atoms with van der Waals surface area (Å²) in [5, 5.41) is 0. The Labute approximate surface area is 84.4 Å². The molecule has 0 aromatic rings. The third-order valence-electron chi connectivity index (χ3n) is 1.62. The van der Waals surface area contributed by atoms with E-state index in [-0.39, 0.29) is 0 Å². The zero-order valence-corrected chi connectivity index (χ0v) is 10.5. The van der Waals surface area contributed by atoms with Gasteiger partial charge in [0.1, 0.15) is 8.07 Å². The first kappa shape index (κ1) is 12.5. The van der Waals surface area contributed by atoms with Gasteiger partial charge >= 0.3 is 0 Å². The van der Waals surface area contributed by atoms with Crippen molar-refractivity contribution in [1.29, 1.82) is 0 Å². The lowest BCUT2D eigenvalue weighted by Gasteiger charge is -2.02. The minimum absolute atomic E-state index is 1.14. The van der Waals surface area contributed by atoms with Crippen LogP contribution in [0.4, 0.5) is 0 Å². The summed E-state index contributed by atoms with van der Waals surface area (Å²) in [5.41, 5.74) is 3.31. The topological polar surface area (TPSA) is 0 Å². The van der Waals surface area contributed by atoms with Gasteiger partial charge in [-0.1, -0.05) is 51.4 Å². The van der Waals surface area contributed by atoms with Crippen molar-refractivity contribution in [3.05, 3.63) is 12.2 Å². The van der Waals surface area contributed by atoms with Crippen LogP contribution in [-0.4, -0.2) is 8.07 Å². The standard InChI is InChI=1S/C12H22Si/c1-5-6-7-8-9-10-11-12-13(2,3)4/h9-10H,5-8H2,1-4H3/b10-9-. The van der Waals surface area contributed by atoms with Gasteiger partial charge in [0.25, 0.3) is 0 Å². The molecule has 74 valence electrons. The van der Waals surface area contributed by atoms with Gasteiger partial charge in [-0.25, -0.2) is 0 Å². The maximum Gasteiger partial charge on any atom is 0.129 e. The van der Waals surface area contributed by atoms with Gasteiger partial charge in [-0.3, -0.25) is 0 Å². The first-order chi connectivity index (χ1) is 6.06. The molecule has 0 aromatic carbocycles. The van der Waals surface area contributed by atoms with Crippen molar-refractivity contribution in [2.24, 2.45) is 0 Å². The Balaban J connectivity index is 3.55. The zero-order valence-electron chi connectivity index (χ0n) is 9.48. The molecule has 13 heavy (non-hydrogen) atoms. The van der Waals surface area contributed by atoms with Crippen LogP contribution in [0.2, 0.25) is 19.6 Å². The monoisotopic (exact) mass is 194 g/mol. The van der Waals surface area contributed by atoms with Crippen molar-refractivity contribution in [2.45, 2.75) is 52.2 Å². The number of rotatable bonds is 4. The third-order valence-corrected chi connectivity index (χ3v) is 2.52. The van der Waals surface area contributed by atoms with Crippen molar-refractivity contribution in [1.82, 2.24) is 0 Å². The summed E-state index contributed by atoms with van der Waals surface area (Å²) in [6.07, 6.45) is 9.35. The van der Waals surface area contributed by atoms with Crippen LogP contribution in [0.1, 0.15) is 32.6 Å². The van der Waals surface area contributed by atoms with Crippen molar-refractivity contribution < 1.29 is 0 Å². The molecule has 0 rings (SSSR count). The lowest BCUT2D eigenvalue weighted by molar-refractivity contribution is 0.729. The lowest BCUT2D eigenvalue weighted by Crippen LogP contribution is -2.16. The molecule has 0 fully saturated rings. The molecule has 0 amide bonds. The quantitative estimate of drug-likeness (QED) is 0.360. The fourth-order valence-electron chi connectivity index (χ4n) is 0.913. The van der Waals surface area contributed by atoms with E-state index in [0.717, 1.165) is 0 Å². The largest absolute Gasteiger partial charge is 0.129 e. The second-order valence-electron chi connectivity index (χ2n) is 4.42. The molecule has 0 radical (unpaired) electrons. The van der Waals surface area contributed by atoms with E-state index >= 15 is 0 Å². The van der Waals surface area contributed by atoms with Crippen LogP contribution < -0.4 is 0 Å². The Kier molecular flexibility index (Phi) is 6.71. The maximum atomic E-state index is 3.31.